The highest BCUT2D eigenvalue weighted by atomic mass is 35.5. The molecule has 0 saturated carbocycles. The van der Waals surface area contributed by atoms with Crippen LogP contribution in [0.2, 0.25) is 10.0 Å². The predicted octanol–water partition coefficient (Wildman–Crippen LogP) is 5.71. The normalized spacial score (nSPS) is 17.4. The molecule has 2 aromatic carbocycles. The number of nitrogens with zero attached hydrogens (tertiary/aromatic N) is 2. The molecular formula is C22H21Cl2N3O. The topological polar surface area (TPSA) is 37.4 Å². The molecule has 0 amide bonds. The monoisotopic (exact) mass is 413 g/mol. The van der Waals surface area contributed by atoms with E-state index >= 15 is 0 Å². The Morgan fingerprint density at radius 3 is 2.68 bits per heavy atom. The van der Waals surface area contributed by atoms with E-state index in [-0.39, 0.29) is 6.10 Å². The van der Waals surface area contributed by atoms with Crippen LogP contribution in [0.4, 0.5) is 11.5 Å². The fraction of sp³-hybridized carbons (Fsp3) is 0.227. The van der Waals surface area contributed by atoms with E-state index in [2.05, 4.69) is 45.5 Å². The molecule has 1 N–H and O–H groups in total. The van der Waals surface area contributed by atoms with Gasteiger partial charge in [0.05, 0.1) is 28.4 Å². The van der Waals surface area contributed by atoms with Gasteiger partial charge in [0.15, 0.2) is 0 Å². The van der Waals surface area contributed by atoms with Crippen molar-refractivity contribution in [2.45, 2.75) is 12.6 Å². The SMILES string of the molecule is Clc1cccc(Nc2ccc(CN3CCO[C@@H](c4ccccc4)C3)cn2)c1Cl. The molecule has 1 aliphatic heterocycles. The second-order valence-electron chi connectivity index (χ2n) is 6.78. The highest BCUT2D eigenvalue weighted by Crippen LogP contribution is 2.31. The maximum atomic E-state index is 6.23. The lowest BCUT2D eigenvalue weighted by atomic mass is 10.1. The summed E-state index contributed by atoms with van der Waals surface area (Å²) in [7, 11) is 0. The van der Waals surface area contributed by atoms with Crippen molar-refractivity contribution in [3.05, 3.63) is 88.0 Å². The van der Waals surface area contributed by atoms with Gasteiger partial charge in [-0.15, -0.1) is 0 Å². The van der Waals surface area contributed by atoms with E-state index in [4.69, 9.17) is 27.9 Å². The van der Waals surface area contributed by atoms with Crippen LogP contribution < -0.4 is 5.32 Å². The number of ether oxygens (including phenoxy) is 1. The van der Waals surface area contributed by atoms with E-state index in [1.54, 1.807) is 6.07 Å². The van der Waals surface area contributed by atoms with Gasteiger partial charge in [-0.1, -0.05) is 65.7 Å². The lowest BCUT2D eigenvalue weighted by Gasteiger charge is -2.33. The Hall–Kier alpha value is -2.11. The van der Waals surface area contributed by atoms with Gasteiger partial charge in [0, 0.05) is 25.8 Å². The third-order valence-corrected chi connectivity index (χ3v) is 5.59. The van der Waals surface area contributed by atoms with E-state index in [0.29, 0.717) is 10.0 Å². The first kappa shape index (κ1) is 19.2. The summed E-state index contributed by atoms with van der Waals surface area (Å²) in [5.74, 6) is 0.733. The van der Waals surface area contributed by atoms with Crippen molar-refractivity contribution < 1.29 is 4.74 Å². The summed E-state index contributed by atoms with van der Waals surface area (Å²) in [4.78, 5) is 6.92. The van der Waals surface area contributed by atoms with Crippen LogP contribution in [0.5, 0.6) is 0 Å². The number of benzene rings is 2. The molecule has 1 atom stereocenters. The number of nitrogens with one attached hydrogen (secondary N) is 1. The molecule has 1 aromatic heterocycles. The Bertz CT molecular complexity index is 919. The molecule has 144 valence electrons. The molecule has 0 aliphatic carbocycles. The number of pyridine rings is 1. The largest absolute Gasteiger partial charge is 0.371 e. The van der Waals surface area contributed by atoms with Crippen LogP contribution in [-0.4, -0.2) is 29.6 Å². The van der Waals surface area contributed by atoms with Crippen LogP contribution >= 0.6 is 23.2 Å². The lowest BCUT2D eigenvalue weighted by Crippen LogP contribution is -2.37. The molecule has 4 nitrogen and oxygen atoms in total. The zero-order valence-corrected chi connectivity index (χ0v) is 16.8. The van der Waals surface area contributed by atoms with Crippen LogP contribution in [0.1, 0.15) is 17.2 Å². The average molecular weight is 414 g/mol. The van der Waals surface area contributed by atoms with Crippen LogP contribution in [0, 0.1) is 0 Å². The number of halogens is 2. The maximum absolute atomic E-state index is 6.23. The number of aromatic nitrogens is 1. The van der Waals surface area contributed by atoms with Gasteiger partial charge in [-0.25, -0.2) is 4.98 Å². The fourth-order valence-corrected chi connectivity index (χ4v) is 3.65. The highest BCUT2D eigenvalue weighted by molar-refractivity contribution is 6.43. The van der Waals surface area contributed by atoms with E-state index in [1.165, 1.54) is 5.56 Å². The number of hydrogen-bond acceptors (Lipinski definition) is 4. The molecule has 4 rings (SSSR count). The van der Waals surface area contributed by atoms with Crippen molar-refractivity contribution in [1.29, 1.82) is 0 Å². The zero-order valence-electron chi connectivity index (χ0n) is 15.3. The summed E-state index contributed by atoms with van der Waals surface area (Å²) in [6.07, 6.45) is 2.02. The minimum atomic E-state index is 0.119. The van der Waals surface area contributed by atoms with Crippen molar-refractivity contribution in [3.63, 3.8) is 0 Å². The van der Waals surface area contributed by atoms with E-state index in [9.17, 15) is 0 Å². The Kier molecular flexibility index (Phi) is 6.13. The van der Waals surface area contributed by atoms with Gasteiger partial charge in [0.25, 0.3) is 0 Å². The summed E-state index contributed by atoms with van der Waals surface area (Å²) in [5, 5.41) is 4.22. The maximum Gasteiger partial charge on any atom is 0.130 e. The van der Waals surface area contributed by atoms with Crippen LogP contribution in [0.25, 0.3) is 0 Å². The van der Waals surface area contributed by atoms with Crippen LogP contribution in [-0.2, 0) is 11.3 Å². The van der Waals surface area contributed by atoms with Gasteiger partial charge < -0.3 is 10.1 Å². The molecule has 6 heteroatoms. The molecule has 1 fully saturated rings. The molecule has 28 heavy (non-hydrogen) atoms. The first-order valence-electron chi connectivity index (χ1n) is 9.24. The van der Waals surface area contributed by atoms with E-state index < -0.39 is 0 Å². The summed E-state index contributed by atoms with van der Waals surface area (Å²) >= 11 is 12.3. The van der Waals surface area contributed by atoms with Gasteiger partial charge in [-0.3, -0.25) is 4.90 Å². The van der Waals surface area contributed by atoms with Gasteiger partial charge in [-0.05, 0) is 29.3 Å². The van der Waals surface area contributed by atoms with Gasteiger partial charge in [0.1, 0.15) is 5.82 Å². The number of anilines is 2. The standard InChI is InChI=1S/C22H21Cl2N3O/c23-18-7-4-8-19(22(18)24)26-21-10-9-16(13-25-21)14-27-11-12-28-20(15-27)17-5-2-1-3-6-17/h1-10,13,20H,11-12,14-15H2,(H,25,26)/t20-/m1/s1. The Morgan fingerprint density at radius 1 is 1.04 bits per heavy atom. The number of morpholine rings is 1. The van der Waals surface area contributed by atoms with Crippen molar-refractivity contribution in [3.8, 4) is 0 Å². The zero-order chi connectivity index (χ0) is 19.3. The fourth-order valence-electron chi connectivity index (χ4n) is 3.30. The summed E-state index contributed by atoms with van der Waals surface area (Å²) in [5.41, 5.74) is 3.13. The number of rotatable bonds is 5. The molecule has 2 heterocycles. The molecule has 0 radical (unpaired) electrons. The summed E-state index contributed by atoms with van der Waals surface area (Å²) < 4.78 is 5.95. The summed E-state index contributed by atoms with van der Waals surface area (Å²) in [6, 6.07) is 19.9. The first-order chi connectivity index (χ1) is 13.7. The van der Waals surface area contributed by atoms with Crippen LogP contribution in [0.3, 0.4) is 0 Å². The molecule has 0 unspecified atom stereocenters. The van der Waals surface area contributed by atoms with Crippen molar-refractivity contribution in [2.75, 3.05) is 25.0 Å². The van der Waals surface area contributed by atoms with E-state index in [1.807, 2.05) is 30.5 Å². The molecule has 3 aromatic rings. The molecule has 1 aliphatic rings. The average Bonchev–Trinajstić information content (AvgIpc) is 2.74. The van der Waals surface area contributed by atoms with Crippen molar-refractivity contribution >= 4 is 34.7 Å². The molecule has 0 bridgehead atoms. The summed E-state index contributed by atoms with van der Waals surface area (Å²) in [6.45, 7) is 3.38. The Labute approximate surface area is 175 Å². The van der Waals surface area contributed by atoms with Crippen molar-refractivity contribution in [1.82, 2.24) is 9.88 Å². The first-order valence-corrected chi connectivity index (χ1v) is 9.99. The number of hydrogen-bond donors (Lipinski definition) is 1. The third-order valence-electron chi connectivity index (χ3n) is 4.77. The van der Waals surface area contributed by atoms with Crippen molar-refractivity contribution in [2.24, 2.45) is 0 Å². The molecular weight excluding hydrogens is 393 g/mol. The second kappa shape index (κ2) is 8.93. The molecule has 1 saturated heterocycles. The quantitative estimate of drug-likeness (QED) is 0.581. The Morgan fingerprint density at radius 2 is 1.89 bits per heavy atom. The van der Waals surface area contributed by atoms with Gasteiger partial charge >= 0.3 is 0 Å². The second-order valence-corrected chi connectivity index (χ2v) is 7.57. The van der Waals surface area contributed by atoms with Gasteiger partial charge in [-0.2, -0.15) is 0 Å². The van der Waals surface area contributed by atoms with Crippen LogP contribution in [0.15, 0.2) is 66.9 Å². The minimum absolute atomic E-state index is 0.119. The minimum Gasteiger partial charge on any atom is -0.371 e. The predicted molar refractivity (Wildman–Crippen MR) is 114 cm³/mol. The lowest BCUT2D eigenvalue weighted by molar-refractivity contribution is -0.0329. The smallest absolute Gasteiger partial charge is 0.130 e. The third kappa shape index (κ3) is 4.65. The van der Waals surface area contributed by atoms with E-state index in [0.717, 1.165) is 43.3 Å². The molecule has 0 spiro atoms. The van der Waals surface area contributed by atoms with Gasteiger partial charge in [0.2, 0.25) is 0 Å². The highest BCUT2D eigenvalue weighted by Gasteiger charge is 2.21. The Balaban J connectivity index is 1.38.